The molecule has 234 valence electrons. The fourth-order valence-electron chi connectivity index (χ4n) is 5.34. The average Bonchev–Trinajstić information content (AvgIpc) is 2.90. The van der Waals surface area contributed by atoms with E-state index in [1.807, 2.05) is 0 Å². The van der Waals surface area contributed by atoms with Crippen molar-refractivity contribution in [1.29, 1.82) is 0 Å². The maximum Gasteiger partial charge on any atom is 1.00 e. The molecule has 0 aromatic carbocycles. The van der Waals surface area contributed by atoms with E-state index in [2.05, 4.69) is 23.3 Å². The zero-order chi connectivity index (χ0) is 28.5. The summed E-state index contributed by atoms with van der Waals surface area (Å²) in [7, 11) is -4.51. The monoisotopic (exact) mass is 594 g/mol. The predicted octanol–water partition coefficient (Wildman–Crippen LogP) is 8.75. The largest absolute Gasteiger partial charge is 1.00 e. The summed E-state index contributed by atoms with van der Waals surface area (Å²) in [6.07, 6.45) is 44.9. The first kappa shape index (κ1) is 42.7. The topological polar surface area (TPSA) is 66.4 Å². The van der Waals surface area contributed by atoms with E-state index >= 15 is 0 Å². The van der Waals surface area contributed by atoms with E-state index in [1.54, 1.807) is 0 Å². The van der Waals surface area contributed by atoms with Gasteiger partial charge in [-0.25, -0.2) is 8.42 Å². The molecule has 4 nitrogen and oxygen atoms in total. The summed E-state index contributed by atoms with van der Waals surface area (Å²) in [4.78, 5) is 0. The Kier molecular flexibility index (Phi) is 38.3. The Morgan fingerprint density at radius 2 is 0.700 bits per heavy atom. The second-order valence-corrected chi connectivity index (χ2v) is 12.9. The van der Waals surface area contributed by atoms with Crippen molar-refractivity contribution in [2.75, 3.05) is 6.61 Å². The van der Waals surface area contributed by atoms with Crippen LogP contribution >= 0.6 is 0 Å². The van der Waals surface area contributed by atoms with Gasteiger partial charge >= 0.3 is 29.6 Å². The molecule has 6 heteroatoms. The molecule has 0 aromatic rings. The summed E-state index contributed by atoms with van der Waals surface area (Å²) >= 11 is 0. The summed E-state index contributed by atoms with van der Waals surface area (Å²) in [5.41, 5.74) is 0. The minimum atomic E-state index is -4.51. The minimum Gasteiger partial charge on any atom is -0.726 e. The zero-order valence-electron chi connectivity index (χ0n) is 27.1. The van der Waals surface area contributed by atoms with Crippen molar-refractivity contribution in [2.45, 2.75) is 200 Å². The van der Waals surface area contributed by atoms with Gasteiger partial charge in [0.15, 0.2) is 0 Å². The van der Waals surface area contributed by atoms with Crippen LogP contribution in [0.1, 0.15) is 200 Å². The van der Waals surface area contributed by atoms with Crippen molar-refractivity contribution < 1.29 is 46.7 Å². The fourth-order valence-corrected chi connectivity index (χ4v) is 5.66. The summed E-state index contributed by atoms with van der Waals surface area (Å²) in [5.74, 6) is 0. The second-order valence-electron chi connectivity index (χ2n) is 11.8. The van der Waals surface area contributed by atoms with E-state index in [4.69, 9.17) is 0 Å². The van der Waals surface area contributed by atoms with E-state index < -0.39 is 10.4 Å². The van der Waals surface area contributed by atoms with Crippen LogP contribution in [0.5, 0.6) is 0 Å². The van der Waals surface area contributed by atoms with Crippen LogP contribution in [0.3, 0.4) is 0 Å². The van der Waals surface area contributed by atoms with Gasteiger partial charge in [0.1, 0.15) is 0 Å². The quantitative estimate of drug-likeness (QED) is 0.0250. The second kappa shape index (κ2) is 35.8. The van der Waals surface area contributed by atoms with Gasteiger partial charge in [0.2, 0.25) is 10.4 Å². The Balaban J connectivity index is 0. The molecule has 0 aliphatic heterocycles. The van der Waals surface area contributed by atoms with Gasteiger partial charge in [-0.05, 0) is 32.1 Å². The van der Waals surface area contributed by atoms with Crippen LogP contribution in [0.2, 0.25) is 0 Å². The molecule has 0 heterocycles. The molecule has 0 saturated carbocycles. The predicted molar refractivity (Wildman–Crippen MR) is 169 cm³/mol. The van der Waals surface area contributed by atoms with Gasteiger partial charge in [0, 0.05) is 0 Å². The molecule has 0 atom stereocenters. The van der Waals surface area contributed by atoms with E-state index in [1.165, 1.54) is 173 Å². The van der Waals surface area contributed by atoms with E-state index in [-0.39, 0.29) is 36.2 Å². The van der Waals surface area contributed by atoms with Crippen LogP contribution in [-0.4, -0.2) is 19.6 Å². The van der Waals surface area contributed by atoms with Gasteiger partial charge in [-0.2, -0.15) is 0 Å². The Labute approximate surface area is 273 Å². The molecule has 0 fully saturated rings. The molecule has 0 radical (unpaired) electrons. The van der Waals surface area contributed by atoms with Gasteiger partial charge in [-0.1, -0.05) is 180 Å². The summed E-state index contributed by atoms with van der Waals surface area (Å²) in [6, 6.07) is 0. The third kappa shape index (κ3) is 40.7. The first-order valence-electron chi connectivity index (χ1n) is 17.3. The maximum atomic E-state index is 10.3. The van der Waals surface area contributed by atoms with E-state index in [9.17, 15) is 13.0 Å². The van der Waals surface area contributed by atoms with Crippen LogP contribution < -0.4 is 29.6 Å². The number of hydrogen-bond acceptors (Lipinski definition) is 4. The Hall–Kier alpha value is 0.610. The van der Waals surface area contributed by atoms with Gasteiger partial charge in [-0.3, -0.25) is 4.18 Å². The molecule has 0 amide bonds. The van der Waals surface area contributed by atoms with E-state index in [0.717, 1.165) is 12.8 Å². The Morgan fingerprint density at radius 3 is 0.975 bits per heavy atom. The van der Waals surface area contributed by atoms with Crippen LogP contribution in [0.4, 0.5) is 0 Å². The number of allylic oxidation sites excluding steroid dienone is 2. The first-order chi connectivity index (χ1) is 19.1. The number of unbranched alkanes of at least 4 members (excludes halogenated alkanes) is 28. The average molecular weight is 595 g/mol. The van der Waals surface area contributed by atoms with Gasteiger partial charge in [0.25, 0.3) is 0 Å². The fraction of sp³-hybridized carbons (Fsp3) is 0.941. The van der Waals surface area contributed by atoms with Crippen molar-refractivity contribution in [3.63, 3.8) is 0 Å². The number of rotatable bonds is 33. The molecule has 0 aliphatic rings. The summed E-state index contributed by atoms with van der Waals surface area (Å²) in [6.45, 7) is 2.32. The van der Waals surface area contributed by atoms with Crippen molar-refractivity contribution in [3.05, 3.63) is 12.2 Å². The van der Waals surface area contributed by atoms with Crippen molar-refractivity contribution >= 4 is 10.4 Å². The minimum absolute atomic E-state index is 0. The molecule has 0 spiro atoms. The maximum absolute atomic E-state index is 10.3. The molecule has 40 heavy (non-hydrogen) atoms. The molecule has 0 saturated heterocycles. The van der Waals surface area contributed by atoms with Crippen molar-refractivity contribution in [3.8, 4) is 0 Å². The van der Waals surface area contributed by atoms with Gasteiger partial charge in [-0.15, -0.1) is 0 Å². The third-order valence-electron chi connectivity index (χ3n) is 7.88. The molecule has 0 bridgehead atoms. The molecule has 0 N–H and O–H groups in total. The molecular weight excluding hydrogens is 527 g/mol. The van der Waals surface area contributed by atoms with Gasteiger partial charge < -0.3 is 4.55 Å². The third-order valence-corrected chi connectivity index (χ3v) is 8.34. The normalized spacial score (nSPS) is 11.8. The molecular formula is C34H67NaO4S. The molecule has 0 rings (SSSR count). The van der Waals surface area contributed by atoms with Crippen molar-refractivity contribution in [1.82, 2.24) is 0 Å². The smallest absolute Gasteiger partial charge is 0.726 e. The Bertz CT molecular complexity index is 595. The summed E-state index contributed by atoms with van der Waals surface area (Å²) < 4.78 is 35.2. The van der Waals surface area contributed by atoms with Crippen LogP contribution in [0.15, 0.2) is 12.2 Å². The standard InChI is InChI=1S/C34H68O4S.Na/c1-2-3-4-5-6-7-8-9-10-11-12-13-14-15-16-17-18-19-20-21-22-23-24-25-26-27-28-29-30-31-32-33-34-38-39(35,36)37;/h9-10H,2-8,11-34H2,1H3,(H,35,36,37);/q;+1/p-1/b10-9-;. The van der Waals surface area contributed by atoms with Crippen molar-refractivity contribution in [2.24, 2.45) is 0 Å². The SMILES string of the molecule is CCCCCCCC/C=C\CCCCCCCCCCCCCCCCCCCCCCCCOS(=O)(=O)[O-].[Na+]. The van der Waals surface area contributed by atoms with Gasteiger partial charge in [0.05, 0.1) is 6.61 Å². The van der Waals surface area contributed by atoms with E-state index in [0.29, 0.717) is 6.42 Å². The van der Waals surface area contributed by atoms with Crippen LogP contribution in [-0.2, 0) is 14.6 Å². The first-order valence-corrected chi connectivity index (χ1v) is 18.6. The zero-order valence-corrected chi connectivity index (χ0v) is 29.9. The molecule has 0 aliphatic carbocycles. The molecule has 0 aromatic heterocycles. The van der Waals surface area contributed by atoms with Crippen LogP contribution in [0, 0.1) is 0 Å². The Morgan fingerprint density at radius 1 is 0.450 bits per heavy atom. The molecule has 0 unspecified atom stereocenters. The summed E-state index contributed by atoms with van der Waals surface area (Å²) in [5, 5.41) is 0. The number of hydrogen-bond donors (Lipinski definition) is 0. The van der Waals surface area contributed by atoms with Crippen LogP contribution in [0.25, 0.3) is 0 Å².